The number of nitrogens with two attached hydrogens (primary N) is 1. The van der Waals surface area contributed by atoms with Gasteiger partial charge in [0.2, 0.25) is 5.91 Å². The quantitative estimate of drug-likeness (QED) is 0.673. The van der Waals surface area contributed by atoms with Crippen molar-refractivity contribution < 1.29 is 19.4 Å². The largest absolute Gasteiger partial charge is 0.480 e. The van der Waals surface area contributed by atoms with Crippen molar-refractivity contribution in [2.75, 3.05) is 19.8 Å². The molecule has 0 aromatic rings. The Morgan fingerprint density at radius 2 is 1.62 bits per heavy atom. The van der Waals surface area contributed by atoms with Crippen LogP contribution in [0.4, 0.5) is 0 Å². The fourth-order valence-electron chi connectivity index (χ4n) is 3.36. The van der Waals surface area contributed by atoms with Crippen LogP contribution < -0.4 is 11.1 Å². The third-order valence-corrected chi connectivity index (χ3v) is 5.04. The van der Waals surface area contributed by atoms with Crippen LogP contribution in [0.3, 0.4) is 0 Å². The lowest BCUT2D eigenvalue weighted by Crippen LogP contribution is -2.60. The Morgan fingerprint density at radius 3 is 2.10 bits per heavy atom. The maximum Gasteiger partial charge on any atom is 0.329 e. The highest BCUT2D eigenvalue weighted by atomic mass is 16.5. The van der Waals surface area contributed by atoms with E-state index in [9.17, 15) is 14.7 Å². The van der Waals surface area contributed by atoms with Gasteiger partial charge in [-0.25, -0.2) is 4.79 Å². The zero-order chi connectivity index (χ0) is 15.3. The van der Waals surface area contributed by atoms with Gasteiger partial charge in [0.25, 0.3) is 0 Å². The maximum atomic E-state index is 12.7. The molecule has 0 unspecified atom stereocenters. The molecule has 21 heavy (non-hydrogen) atoms. The molecule has 6 nitrogen and oxygen atoms in total. The molecule has 120 valence electrons. The molecule has 1 heterocycles. The summed E-state index contributed by atoms with van der Waals surface area (Å²) in [6.07, 6.45) is 5.87. The standard InChI is InChI=1S/C15H26N2O4/c16-11-14(7-9-21-10-8-14)12(18)17-15(13(19)20)5-3-1-2-4-6-15/h1-11,16H2,(H,17,18)(H,19,20). The number of nitrogens with one attached hydrogen (secondary N) is 1. The van der Waals surface area contributed by atoms with Gasteiger partial charge in [0, 0.05) is 19.8 Å². The predicted molar refractivity (Wildman–Crippen MR) is 77.8 cm³/mol. The minimum Gasteiger partial charge on any atom is -0.480 e. The van der Waals surface area contributed by atoms with Crippen LogP contribution in [-0.4, -0.2) is 42.3 Å². The summed E-state index contributed by atoms with van der Waals surface area (Å²) in [5.41, 5.74) is 4.04. The number of carboxylic acid groups (broad SMARTS) is 1. The second-order valence-electron chi connectivity index (χ2n) is 6.35. The van der Waals surface area contributed by atoms with Crippen molar-refractivity contribution in [1.29, 1.82) is 0 Å². The molecule has 2 rings (SSSR count). The van der Waals surface area contributed by atoms with Gasteiger partial charge in [0.1, 0.15) is 5.54 Å². The molecule has 2 fully saturated rings. The van der Waals surface area contributed by atoms with Crippen LogP contribution in [0, 0.1) is 5.41 Å². The van der Waals surface area contributed by atoms with Crippen molar-refractivity contribution in [3.8, 4) is 0 Å². The Labute approximate surface area is 125 Å². The molecule has 0 aromatic carbocycles. The molecule has 1 amide bonds. The van der Waals surface area contributed by atoms with Gasteiger partial charge in [-0.3, -0.25) is 4.79 Å². The van der Waals surface area contributed by atoms with Crippen LogP contribution in [0.2, 0.25) is 0 Å². The third kappa shape index (κ3) is 3.37. The molecule has 0 aromatic heterocycles. The smallest absolute Gasteiger partial charge is 0.329 e. The predicted octanol–water partition coefficient (Wildman–Crippen LogP) is 1.04. The highest BCUT2D eigenvalue weighted by molar-refractivity contribution is 5.90. The van der Waals surface area contributed by atoms with Crippen LogP contribution >= 0.6 is 0 Å². The Balaban J connectivity index is 2.15. The van der Waals surface area contributed by atoms with Crippen molar-refractivity contribution in [2.24, 2.45) is 11.1 Å². The summed E-state index contributed by atoms with van der Waals surface area (Å²) >= 11 is 0. The lowest BCUT2D eigenvalue weighted by molar-refractivity contribution is -0.152. The molecule has 0 spiro atoms. The van der Waals surface area contributed by atoms with E-state index in [1.165, 1.54) is 0 Å². The number of carbonyl (C=O) groups excluding carboxylic acids is 1. The van der Waals surface area contributed by atoms with E-state index in [0.717, 1.165) is 25.7 Å². The van der Waals surface area contributed by atoms with Gasteiger partial charge in [-0.2, -0.15) is 0 Å². The Morgan fingerprint density at radius 1 is 1.05 bits per heavy atom. The van der Waals surface area contributed by atoms with Gasteiger partial charge in [-0.1, -0.05) is 25.7 Å². The summed E-state index contributed by atoms with van der Waals surface area (Å²) in [5, 5.41) is 12.5. The summed E-state index contributed by atoms with van der Waals surface area (Å²) < 4.78 is 5.31. The summed E-state index contributed by atoms with van der Waals surface area (Å²) in [4.78, 5) is 24.5. The minimum absolute atomic E-state index is 0.211. The van der Waals surface area contributed by atoms with Crippen molar-refractivity contribution in [3.63, 3.8) is 0 Å². The molecule has 4 N–H and O–H groups in total. The molecule has 1 aliphatic carbocycles. The maximum absolute atomic E-state index is 12.7. The van der Waals surface area contributed by atoms with Crippen LogP contribution in [-0.2, 0) is 14.3 Å². The molecule has 2 aliphatic rings. The number of carboxylic acids is 1. The molecule has 6 heteroatoms. The lowest BCUT2D eigenvalue weighted by Gasteiger charge is -2.38. The fraction of sp³-hybridized carbons (Fsp3) is 0.867. The fourth-order valence-corrected chi connectivity index (χ4v) is 3.36. The van der Waals surface area contributed by atoms with Gasteiger partial charge in [0.05, 0.1) is 5.41 Å². The first-order valence-electron chi connectivity index (χ1n) is 7.89. The summed E-state index contributed by atoms with van der Waals surface area (Å²) in [6.45, 7) is 1.24. The zero-order valence-corrected chi connectivity index (χ0v) is 12.5. The first-order chi connectivity index (χ1) is 10.0. The second kappa shape index (κ2) is 6.75. The average molecular weight is 298 g/mol. The topological polar surface area (TPSA) is 102 Å². The highest BCUT2D eigenvalue weighted by Crippen LogP contribution is 2.33. The van der Waals surface area contributed by atoms with Gasteiger partial charge >= 0.3 is 5.97 Å². The molecule has 1 saturated heterocycles. The minimum atomic E-state index is -1.12. The van der Waals surface area contributed by atoms with Crippen molar-refractivity contribution >= 4 is 11.9 Å². The van der Waals surface area contributed by atoms with E-state index in [1.54, 1.807) is 0 Å². The Hall–Kier alpha value is -1.14. The van der Waals surface area contributed by atoms with Gasteiger partial charge in [-0.05, 0) is 25.7 Å². The van der Waals surface area contributed by atoms with E-state index in [4.69, 9.17) is 10.5 Å². The normalized spacial score (nSPS) is 24.8. The summed E-state index contributed by atoms with van der Waals surface area (Å²) in [5.74, 6) is -1.13. The highest BCUT2D eigenvalue weighted by Gasteiger charge is 2.46. The number of aliphatic carboxylic acids is 1. The Bertz CT molecular complexity index is 383. The summed E-state index contributed by atoms with van der Waals surface area (Å²) in [7, 11) is 0. The number of ether oxygens (including phenoxy) is 1. The second-order valence-corrected chi connectivity index (χ2v) is 6.35. The zero-order valence-electron chi connectivity index (χ0n) is 12.5. The molecule has 0 radical (unpaired) electrons. The summed E-state index contributed by atoms with van der Waals surface area (Å²) in [6, 6.07) is 0. The van der Waals surface area contributed by atoms with Crippen LogP contribution in [0.25, 0.3) is 0 Å². The molecular formula is C15H26N2O4. The molecule has 1 saturated carbocycles. The van der Waals surface area contributed by atoms with Crippen molar-refractivity contribution in [3.05, 3.63) is 0 Å². The lowest BCUT2D eigenvalue weighted by atomic mass is 9.78. The van der Waals surface area contributed by atoms with E-state index in [-0.39, 0.29) is 12.5 Å². The van der Waals surface area contributed by atoms with Gasteiger partial charge in [-0.15, -0.1) is 0 Å². The number of carbonyl (C=O) groups is 2. The van der Waals surface area contributed by atoms with Crippen LogP contribution in [0.1, 0.15) is 51.4 Å². The molecule has 0 bridgehead atoms. The van der Waals surface area contributed by atoms with Gasteiger partial charge < -0.3 is 20.9 Å². The van der Waals surface area contributed by atoms with Crippen LogP contribution in [0.5, 0.6) is 0 Å². The SMILES string of the molecule is NCC1(C(=O)NC2(C(=O)O)CCCCCC2)CCOCC1. The molecule has 0 atom stereocenters. The number of rotatable bonds is 4. The number of hydrogen-bond donors (Lipinski definition) is 3. The van der Waals surface area contributed by atoms with E-state index in [1.807, 2.05) is 0 Å². The van der Waals surface area contributed by atoms with E-state index in [0.29, 0.717) is 38.9 Å². The monoisotopic (exact) mass is 298 g/mol. The first kappa shape index (κ1) is 16.2. The van der Waals surface area contributed by atoms with E-state index >= 15 is 0 Å². The molecule has 1 aliphatic heterocycles. The average Bonchev–Trinajstić information content (AvgIpc) is 2.74. The van der Waals surface area contributed by atoms with Gasteiger partial charge in [0.15, 0.2) is 0 Å². The van der Waals surface area contributed by atoms with E-state index < -0.39 is 16.9 Å². The Kier molecular flexibility index (Phi) is 5.22. The van der Waals surface area contributed by atoms with Crippen molar-refractivity contribution in [1.82, 2.24) is 5.32 Å². The number of amides is 1. The molecular weight excluding hydrogens is 272 g/mol. The van der Waals surface area contributed by atoms with Crippen molar-refractivity contribution in [2.45, 2.75) is 56.9 Å². The number of hydrogen-bond acceptors (Lipinski definition) is 4. The first-order valence-corrected chi connectivity index (χ1v) is 7.89. The van der Waals surface area contributed by atoms with E-state index in [2.05, 4.69) is 5.32 Å². The third-order valence-electron chi connectivity index (χ3n) is 5.04. The van der Waals surface area contributed by atoms with Crippen LogP contribution in [0.15, 0.2) is 0 Å².